The number of nitrogens with zero attached hydrogens (tertiary/aromatic N) is 4. The number of benzene rings is 2. The number of hydrogen-bond donors (Lipinski definition) is 1. The average Bonchev–Trinajstić information content (AvgIpc) is 3.40. The van der Waals surface area contributed by atoms with E-state index in [1.54, 1.807) is 26.2 Å². The standard InChI is InChI=1S/C26H32FN5O2/c1-17-10-19(6-7-21(17)27)30-25-20-11-24(23(33-4)12-22(20)28-16-29-25)34-9-5-8-32-14-18-13-26(18,15-32)31(2)3/h6-7,10-12,16,18H,5,8-9,13-15H2,1-4H3,(H,28,29,30). The molecule has 1 saturated carbocycles. The Bertz CT molecular complexity index is 1200. The lowest BCUT2D eigenvalue weighted by atomic mass is 10.2. The van der Waals surface area contributed by atoms with Crippen molar-refractivity contribution in [2.75, 3.05) is 52.8 Å². The average molecular weight is 466 g/mol. The van der Waals surface area contributed by atoms with Gasteiger partial charge in [0.15, 0.2) is 11.5 Å². The first-order valence-corrected chi connectivity index (χ1v) is 11.8. The molecular weight excluding hydrogens is 433 g/mol. The molecule has 0 amide bonds. The molecule has 2 fully saturated rings. The minimum atomic E-state index is -0.235. The van der Waals surface area contributed by atoms with E-state index in [4.69, 9.17) is 9.47 Å². The van der Waals surface area contributed by atoms with E-state index in [2.05, 4.69) is 39.2 Å². The number of aromatic nitrogens is 2. The number of halogens is 1. The van der Waals surface area contributed by atoms with E-state index in [1.807, 2.05) is 12.1 Å². The Labute approximate surface area is 199 Å². The van der Waals surface area contributed by atoms with Gasteiger partial charge in [-0.05, 0) is 69.6 Å². The van der Waals surface area contributed by atoms with Crippen molar-refractivity contribution in [1.29, 1.82) is 0 Å². The molecule has 1 aromatic heterocycles. The van der Waals surface area contributed by atoms with Crippen molar-refractivity contribution in [3.05, 3.63) is 48.0 Å². The van der Waals surface area contributed by atoms with E-state index < -0.39 is 0 Å². The third-order valence-electron chi connectivity index (χ3n) is 7.28. The fourth-order valence-corrected chi connectivity index (χ4v) is 5.18. The SMILES string of the molecule is COc1cc2ncnc(Nc3ccc(F)c(C)c3)c2cc1OCCCN1CC2CC2(N(C)C)C1. The summed E-state index contributed by atoms with van der Waals surface area (Å²) in [7, 11) is 6.03. The van der Waals surface area contributed by atoms with Crippen LogP contribution in [0.5, 0.6) is 11.5 Å². The van der Waals surface area contributed by atoms with Gasteiger partial charge >= 0.3 is 0 Å². The topological polar surface area (TPSA) is 62.8 Å². The summed E-state index contributed by atoms with van der Waals surface area (Å²) < 4.78 is 25.4. The van der Waals surface area contributed by atoms with Gasteiger partial charge in [-0.15, -0.1) is 0 Å². The number of aryl methyl sites for hydroxylation is 1. The highest BCUT2D eigenvalue weighted by Gasteiger charge is 2.60. The molecule has 8 heteroatoms. The van der Waals surface area contributed by atoms with Crippen molar-refractivity contribution in [2.45, 2.75) is 25.3 Å². The molecule has 2 aliphatic rings. The molecule has 5 rings (SSSR count). The number of nitrogens with one attached hydrogen (secondary N) is 1. The van der Waals surface area contributed by atoms with Crippen molar-refractivity contribution in [3.8, 4) is 11.5 Å². The van der Waals surface area contributed by atoms with Crippen molar-refractivity contribution in [1.82, 2.24) is 19.8 Å². The zero-order chi connectivity index (χ0) is 23.9. The Morgan fingerprint density at radius 1 is 1.21 bits per heavy atom. The number of fused-ring (bicyclic) bond motifs is 2. The molecule has 0 spiro atoms. The van der Waals surface area contributed by atoms with Gasteiger partial charge in [0, 0.05) is 42.3 Å². The highest BCUT2D eigenvalue weighted by atomic mass is 19.1. The van der Waals surface area contributed by atoms with Crippen molar-refractivity contribution in [3.63, 3.8) is 0 Å². The molecule has 2 atom stereocenters. The number of rotatable bonds is 9. The molecule has 2 aromatic carbocycles. The lowest BCUT2D eigenvalue weighted by Gasteiger charge is -2.25. The quantitative estimate of drug-likeness (QED) is 0.475. The molecule has 180 valence electrons. The van der Waals surface area contributed by atoms with Crippen LogP contribution in [0.2, 0.25) is 0 Å². The smallest absolute Gasteiger partial charge is 0.162 e. The Morgan fingerprint density at radius 2 is 2.06 bits per heavy atom. The minimum absolute atomic E-state index is 0.235. The fraction of sp³-hybridized carbons (Fsp3) is 0.462. The van der Waals surface area contributed by atoms with Crippen LogP contribution >= 0.6 is 0 Å². The zero-order valence-corrected chi connectivity index (χ0v) is 20.3. The van der Waals surface area contributed by atoms with Gasteiger partial charge in [-0.3, -0.25) is 0 Å². The van der Waals surface area contributed by atoms with Crippen LogP contribution in [0.3, 0.4) is 0 Å². The third-order valence-corrected chi connectivity index (χ3v) is 7.28. The van der Waals surface area contributed by atoms with Gasteiger partial charge in [0.25, 0.3) is 0 Å². The third kappa shape index (κ3) is 4.28. The molecule has 0 bridgehead atoms. The first-order valence-electron chi connectivity index (χ1n) is 11.8. The van der Waals surface area contributed by atoms with Crippen molar-refractivity contribution in [2.24, 2.45) is 5.92 Å². The molecule has 2 unspecified atom stereocenters. The van der Waals surface area contributed by atoms with E-state index in [-0.39, 0.29) is 5.82 Å². The largest absolute Gasteiger partial charge is 0.493 e. The maximum Gasteiger partial charge on any atom is 0.162 e. The van der Waals surface area contributed by atoms with Gasteiger partial charge in [-0.2, -0.15) is 0 Å². The highest BCUT2D eigenvalue weighted by molar-refractivity contribution is 5.93. The molecule has 7 nitrogen and oxygen atoms in total. The summed E-state index contributed by atoms with van der Waals surface area (Å²) in [6.45, 7) is 5.71. The lowest BCUT2D eigenvalue weighted by molar-refractivity contribution is 0.204. The number of anilines is 2. The normalized spacial score (nSPS) is 21.6. The second kappa shape index (κ2) is 9.00. The summed E-state index contributed by atoms with van der Waals surface area (Å²) in [6, 6.07) is 8.68. The van der Waals surface area contributed by atoms with Gasteiger partial charge in [0.1, 0.15) is 18.0 Å². The van der Waals surface area contributed by atoms with Crippen LogP contribution in [0.1, 0.15) is 18.4 Å². The summed E-state index contributed by atoms with van der Waals surface area (Å²) >= 11 is 0. The highest BCUT2D eigenvalue weighted by Crippen LogP contribution is 2.52. The van der Waals surface area contributed by atoms with Crippen LogP contribution in [0, 0.1) is 18.7 Å². The first kappa shape index (κ1) is 22.8. The van der Waals surface area contributed by atoms with Gasteiger partial charge in [-0.25, -0.2) is 14.4 Å². The van der Waals surface area contributed by atoms with Gasteiger partial charge in [0.2, 0.25) is 0 Å². The summed E-state index contributed by atoms with van der Waals surface area (Å²) in [6.07, 6.45) is 3.78. The van der Waals surface area contributed by atoms with Gasteiger partial charge < -0.3 is 24.6 Å². The predicted molar refractivity (Wildman–Crippen MR) is 132 cm³/mol. The molecule has 3 aromatic rings. The number of methoxy groups -OCH3 is 1. The molecule has 0 radical (unpaired) electrons. The van der Waals surface area contributed by atoms with Gasteiger partial charge in [-0.1, -0.05) is 0 Å². The van der Waals surface area contributed by atoms with Crippen molar-refractivity contribution >= 4 is 22.4 Å². The number of likely N-dealkylation sites (N-methyl/N-ethyl adjacent to an activating group) is 1. The Kier molecular flexibility index (Phi) is 6.04. The lowest BCUT2D eigenvalue weighted by Crippen LogP contribution is -2.38. The summed E-state index contributed by atoms with van der Waals surface area (Å²) in [4.78, 5) is 13.7. The molecule has 1 saturated heterocycles. The summed E-state index contributed by atoms with van der Waals surface area (Å²) in [5.74, 6) is 2.52. The Hall–Kier alpha value is -2.97. The van der Waals surface area contributed by atoms with E-state index in [1.165, 1.54) is 25.4 Å². The monoisotopic (exact) mass is 465 g/mol. The van der Waals surface area contributed by atoms with Crippen LogP contribution in [0.15, 0.2) is 36.7 Å². The molecule has 2 heterocycles. The summed E-state index contributed by atoms with van der Waals surface area (Å²) in [5, 5.41) is 4.09. The van der Waals surface area contributed by atoms with Gasteiger partial charge in [0.05, 0.1) is 19.2 Å². The number of piperidine rings is 1. The number of hydrogen-bond acceptors (Lipinski definition) is 7. The van der Waals surface area contributed by atoms with Crippen LogP contribution in [0.25, 0.3) is 10.9 Å². The van der Waals surface area contributed by atoms with Crippen molar-refractivity contribution < 1.29 is 13.9 Å². The molecule has 34 heavy (non-hydrogen) atoms. The summed E-state index contributed by atoms with van der Waals surface area (Å²) in [5.41, 5.74) is 2.48. The van der Waals surface area contributed by atoms with E-state index in [0.717, 1.165) is 42.0 Å². The molecule has 1 aliphatic carbocycles. The molecule has 1 aliphatic heterocycles. The first-order chi connectivity index (χ1) is 16.4. The second-order valence-corrected chi connectivity index (χ2v) is 9.67. The Morgan fingerprint density at radius 3 is 2.79 bits per heavy atom. The Balaban J connectivity index is 1.27. The van der Waals surface area contributed by atoms with Crippen LogP contribution in [-0.4, -0.2) is 72.8 Å². The maximum atomic E-state index is 13.7. The van der Waals surface area contributed by atoms with E-state index in [9.17, 15) is 4.39 Å². The fourth-order valence-electron chi connectivity index (χ4n) is 5.18. The minimum Gasteiger partial charge on any atom is -0.493 e. The maximum absolute atomic E-state index is 13.7. The van der Waals surface area contributed by atoms with Crippen LogP contribution < -0.4 is 14.8 Å². The molecular formula is C26H32FN5O2. The van der Waals surface area contributed by atoms with Crippen LogP contribution in [0.4, 0.5) is 15.9 Å². The van der Waals surface area contributed by atoms with Crippen LogP contribution in [-0.2, 0) is 0 Å². The zero-order valence-electron chi connectivity index (χ0n) is 20.3. The number of likely N-dealkylation sites (tertiary alicyclic amines) is 1. The predicted octanol–water partition coefficient (Wildman–Crippen LogP) is 4.23. The van der Waals surface area contributed by atoms with E-state index >= 15 is 0 Å². The second-order valence-electron chi connectivity index (χ2n) is 9.67. The van der Waals surface area contributed by atoms with E-state index in [0.29, 0.717) is 35.0 Å². The molecule has 1 N–H and O–H groups in total. The number of ether oxygens (including phenoxy) is 2.